The van der Waals surface area contributed by atoms with Gasteiger partial charge in [0, 0.05) is 21.5 Å². The molecular weight excluding hydrogens is 358 g/mol. The molecule has 0 fully saturated rings. The molecule has 0 aliphatic heterocycles. The Morgan fingerprint density at radius 2 is 1.29 bits per heavy atom. The van der Waals surface area contributed by atoms with Gasteiger partial charge in [-0.1, -0.05) is 64.5 Å². The highest BCUT2D eigenvalue weighted by Crippen LogP contribution is 2.36. The first-order chi connectivity index (χ1) is 13.5. The first-order valence-corrected chi connectivity index (χ1v) is 8.38. The Labute approximate surface area is 155 Å². The maximum atomic E-state index is 8.50. The van der Waals surface area contributed by atoms with Crippen LogP contribution in [-0.2, 0) is 0 Å². The van der Waals surface area contributed by atoms with Gasteiger partial charge in [0.15, 0.2) is 0 Å². The summed E-state index contributed by atoms with van der Waals surface area (Å²) in [6, 6.07) is 23.0. The lowest BCUT2D eigenvalue weighted by molar-refractivity contribution is 1.29. The number of halogens is 1. The molecule has 0 aromatic heterocycles. The summed E-state index contributed by atoms with van der Waals surface area (Å²) >= 11 is 3.18. The molecule has 4 aromatic rings. The number of nitrogens with zero attached hydrogens (tertiary/aromatic N) is 1. The van der Waals surface area contributed by atoms with Gasteiger partial charge < -0.3 is 4.90 Å². The van der Waals surface area contributed by atoms with Crippen molar-refractivity contribution in [1.29, 1.82) is 0 Å². The Morgan fingerprint density at radius 1 is 0.625 bits per heavy atom. The average Bonchev–Trinajstić information content (AvgIpc) is 2.74. The summed E-state index contributed by atoms with van der Waals surface area (Å²) in [5.74, 6) is 0. The predicted octanol–water partition coefficient (Wildman–Crippen LogP) is 7.07. The van der Waals surface area contributed by atoms with E-state index in [0.717, 1.165) is 22.1 Å². The molecule has 0 N–H and O–H groups in total. The monoisotopic (exact) mass is 377 g/mol. The highest BCUT2D eigenvalue weighted by atomic mass is 79.9. The van der Waals surface area contributed by atoms with E-state index in [0.29, 0.717) is 0 Å². The molecule has 0 amide bonds. The number of para-hydroxylation sites is 1. The van der Waals surface area contributed by atoms with Crippen LogP contribution in [0.25, 0.3) is 10.8 Å². The first kappa shape index (κ1) is 11.1. The summed E-state index contributed by atoms with van der Waals surface area (Å²) in [6.45, 7) is 0. The minimum Gasteiger partial charge on any atom is -0.310 e. The molecule has 0 bridgehead atoms. The van der Waals surface area contributed by atoms with Crippen LogP contribution >= 0.6 is 15.9 Å². The fraction of sp³-hybridized carbons (Fsp3) is 0. The SMILES string of the molecule is [2H]c1c([2H])c(N(c2ccccc2)c2ccc3ccccc3c2)c([2H])c([2H])c1Br. The van der Waals surface area contributed by atoms with Crippen LogP contribution in [0.15, 0.2) is 101 Å². The van der Waals surface area contributed by atoms with Gasteiger partial charge in [0.1, 0.15) is 0 Å². The van der Waals surface area contributed by atoms with E-state index in [1.165, 1.54) is 0 Å². The van der Waals surface area contributed by atoms with Gasteiger partial charge >= 0.3 is 0 Å². The Bertz CT molecular complexity index is 1150. The van der Waals surface area contributed by atoms with Gasteiger partial charge in [-0.15, -0.1) is 0 Å². The van der Waals surface area contributed by atoms with Gasteiger partial charge in [0.2, 0.25) is 0 Å². The smallest absolute Gasteiger partial charge is 0.0645 e. The van der Waals surface area contributed by atoms with Crippen molar-refractivity contribution in [3.63, 3.8) is 0 Å². The molecule has 2 heteroatoms. The molecule has 0 saturated heterocycles. The molecule has 0 atom stereocenters. The molecule has 0 radical (unpaired) electrons. The van der Waals surface area contributed by atoms with E-state index in [-0.39, 0.29) is 34.3 Å². The second kappa shape index (κ2) is 6.50. The summed E-state index contributed by atoms with van der Waals surface area (Å²) in [7, 11) is 0. The maximum absolute atomic E-state index is 8.50. The van der Waals surface area contributed by atoms with E-state index in [4.69, 9.17) is 5.48 Å². The molecule has 4 rings (SSSR count). The lowest BCUT2D eigenvalue weighted by atomic mass is 10.1. The van der Waals surface area contributed by atoms with E-state index >= 15 is 0 Å². The minimum absolute atomic E-state index is 0.0927. The number of anilines is 3. The van der Waals surface area contributed by atoms with Gasteiger partial charge in [-0.3, -0.25) is 0 Å². The molecule has 4 aromatic carbocycles. The van der Waals surface area contributed by atoms with Crippen molar-refractivity contribution in [2.75, 3.05) is 4.90 Å². The normalized spacial score (nSPS) is 13.0. The van der Waals surface area contributed by atoms with Gasteiger partial charge in [0.25, 0.3) is 0 Å². The standard InChI is InChI=1S/C22H16BrN/c23-19-11-14-21(15-12-19)24(20-8-2-1-3-9-20)22-13-10-17-6-4-5-7-18(17)16-22/h1-16H/i11D,12D,14D,15D. The molecule has 0 heterocycles. The quantitative estimate of drug-likeness (QED) is 0.368. The Morgan fingerprint density at radius 3 is 2.04 bits per heavy atom. The third-order valence-electron chi connectivity index (χ3n) is 3.81. The van der Waals surface area contributed by atoms with Crippen LogP contribution in [0, 0.1) is 0 Å². The Hall–Kier alpha value is -2.58. The highest BCUT2D eigenvalue weighted by molar-refractivity contribution is 9.10. The predicted molar refractivity (Wildman–Crippen MR) is 106 cm³/mol. The molecule has 0 saturated carbocycles. The van der Waals surface area contributed by atoms with Gasteiger partial charge in [-0.05, 0) is 59.2 Å². The molecule has 24 heavy (non-hydrogen) atoms. The van der Waals surface area contributed by atoms with Crippen molar-refractivity contribution in [1.82, 2.24) is 0 Å². The van der Waals surface area contributed by atoms with E-state index < -0.39 is 0 Å². The molecule has 116 valence electrons. The number of fused-ring (bicyclic) bond motifs is 1. The second-order valence-electron chi connectivity index (χ2n) is 5.37. The average molecular weight is 378 g/mol. The van der Waals surface area contributed by atoms with Crippen LogP contribution in [0.2, 0.25) is 0 Å². The summed E-state index contributed by atoms with van der Waals surface area (Å²) in [5, 5.41) is 2.13. The summed E-state index contributed by atoms with van der Waals surface area (Å²) in [5.41, 5.74) is 1.76. The van der Waals surface area contributed by atoms with Crippen LogP contribution in [0.3, 0.4) is 0 Å². The van der Waals surface area contributed by atoms with Crippen LogP contribution in [-0.4, -0.2) is 0 Å². The topological polar surface area (TPSA) is 3.24 Å². The fourth-order valence-electron chi connectivity index (χ4n) is 2.70. The van der Waals surface area contributed by atoms with Crippen LogP contribution < -0.4 is 4.90 Å². The number of hydrogen-bond donors (Lipinski definition) is 0. The van der Waals surface area contributed by atoms with Crippen LogP contribution in [0.1, 0.15) is 5.48 Å². The lowest BCUT2D eigenvalue weighted by Gasteiger charge is -2.25. The van der Waals surface area contributed by atoms with Crippen molar-refractivity contribution in [3.05, 3.63) is 101 Å². The van der Waals surface area contributed by atoms with Crippen molar-refractivity contribution < 1.29 is 5.48 Å². The van der Waals surface area contributed by atoms with Gasteiger partial charge in [-0.2, -0.15) is 0 Å². The summed E-state index contributed by atoms with van der Waals surface area (Å²) in [6.07, 6.45) is 0. The lowest BCUT2D eigenvalue weighted by Crippen LogP contribution is -2.09. The number of benzene rings is 4. The molecule has 0 aliphatic rings. The van der Waals surface area contributed by atoms with Crippen molar-refractivity contribution >= 4 is 43.8 Å². The summed E-state index contributed by atoms with van der Waals surface area (Å²) < 4.78 is 33.6. The van der Waals surface area contributed by atoms with Crippen molar-refractivity contribution in [3.8, 4) is 0 Å². The van der Waals surface area contributed by atoms with E-state index in [1.807, 2.05) is 72.8 Å². The second-order valence-corrected chi connectivity index (χ2v) is 6.16. The third-order valence-corrected chi connectivity index (χ3v) is 4.21. The largest absolute Gasteiger partial charge is 0.310 e. The van der Waals surface area contributed by atoms with Crippen molar-refractivity contribution in [2.24, 2.45) is 0 Å². The summed E-state index contributed by atoms with van der Waals surface area (Å²) in [4.78, 5) is 1.78. The molecule has 0 aliphatic carbocycles. The van der Waals surface area contributed by atoms with E-state index in [1.54, 1.807) is 4.90 Å². The zero-order valence-corrected chi connectivity index (χ0v) is 14.3. The Kier molecular flexibility index (Phi) is 3.00. The van der Waals surface area contributed by atoms with E-state index in [2.05, 4.69) is 15.9 Å². The van der Waals surface area contributed by atoms with Crippen LogP contribution in [0.4, 0.5) is 17.1 Å². The number of hydrogen-bond acceptors (Lipinski definition) is 1. The number of rotatable bonds is 3. The molecule has 0 spiro atoms. The minimum atomic E-state index is -0.0993. The maximum Gasteiger partial charge on any atom is 0.0645 e. The molecule has 0 unspecified atom stereocenters. The molecular formula is C22H16BrN. The first-order valence-electron chi connectivity index (χ1n) is 9.59. The van der Waals surface area contributed by atoms with Gasteiger partial charge in [-0.25, -0.2) is 0 Å². The third kappa shape index (κ3) is 2.93. The zero-order valence-electron chi connectivity index (χ0n) is 16.8. The van der Waals surface area contributed by atoms with Gasteiger partial charge in [0.05, 0.1) is 5.48 Å². The van der Waals surface area contributed by atoms with Crippen molar-refractivity contribution in [2.45, 2.75) is 0 Å². The Balaban J connectivity index is 2.03. The van der Waals surface area contributed by atoms with Crippen LogP contribution in [0.5, 0.6) is 0 Å². The molecule has 1 nitrogen and oxygen atoms in total. The fourth-order valence-corrected chi connectivity index (χ4v) is 2.90. The zero-order chi connectivity index (χ0) is 19.8. The van der Waals surface area contributed by atoms with E-state index in [9.17, 15) is 0 Å². The highest BCUT2D eigenvalue weighted by Gasteiger charge is 2.12.